The quantitative estimate of drug-likeness (QED) is 0.338. The Bertz CT molecular complexity index is 595. The Balaban J connectivity index is 0.00000364. The van der Waals surface area contributed by atoms with Gasteiger partial charge in [-0.2, -0.15) is 0 Å². The van der Waals surface area contributed by atoms with Crippen LogP contribution in [0.3, 0.4) is 0 Å². The van der Waals surface area contributed by atoms with Gasteiger partial charge in [-0.15, -0.1) is 35.3 Å². The summed E-state index contributed by atoms with van der Waals surface area (Å²) in [6, 6.07) is 0.370. The van der Waals surface area contributed by atoms with Gasteiger partial charge in [-0.1, -0.05) is 13.8 Å². The van der Waals surface area contributed by atoms with Crippen molar-refractivity contribution in [2.24, 2.45) is 10.9 Å². The molecule has 0 radical (unpaired) electrons. The molecule has 1 aromatic rings. The van der Waals surface area contributed by atoms with E-state index in [9.17, 15) is 4.79 Å². The van der Waals surface area contributed by atoms with Gasteiger partial charge in [0.2, 0.25) is 5.91 Å². The maximum atomic E-state index is 12.5. The van der Waals surface area contributed by atoms with E-state index in [1.165, 1.54) is 4.88 Å². The number of nitrogens with one attached hydrogen (secondary N) is 2. The van der Waals surface area contributed by atoms with Gasteiger partial charge < -0.3 is 15.5 Å². The first-order valence-corrected chi connectivity index (χ1v) is 10.6. The van der Waals surface area contributed by atoms with E-state index in [1.54, 1.807) is 18.4 Å². The summed E-state index contributed by atoms with van der Waals surface area (Å²) in [6.45, 7) is 8.77. The monoisotopic (exact) mass is 507 g/mol. The highest BCUT2D eigenvalue weighted by atomic mass is 127. The summed E-state index contributed by atoms with van der Waals surface area (Å²) in [6.07, 6.45) is 6.63. The Morgan fingerprint density at radius 1 is 1.37 bits per heavy atom. The summed E-state index contributed by atoms with van der Waals surface area (Å²) in [4.78, 5) is 24.5. The zero-order valence-corrected chi connectivity index (χ0v) is 20.1. The highest BCUT2D eigenvalue weighted by molar-refractivity contribution is 14.0. The summed E-state index contributed by atoms with van der Waals surface area (Å²) in [5.41, 5.74) is 0. The fraction of sp³-hybridized carbons (Fsp3) is 0.737. The van der Waals surface area contributed by atoms with Crippen molar-refractivity contribution in [2.45, 2.75) is 58.9 Å². The summed E-state index contributed by atoms with van der Waals surface area (Å²) in [5.74, 6) is 1.35. The minimum Gasteiger partial charge on any atom is -0.356 e. The van der Waals surface area contributed by atoms with E-state index in [4.69, 9.17) is 0 Å². The molecule has 1 aliphatic heterocycles. The van der Waals surface area contributed by atoms with Gasteiger partial charge in [-0.3, -0.25) is 9.79 Å². The van der Waals surface area contributed by atoms with E-state index in [0.29, 0.717) is 11.9 Å². The lowest BCUT2D eigenvalue weighted by molar-refractivity contribution is -0.136. The van der Waals surface area contributed by atoms with Crippen LogP contribution in [0, 0.1) is 12.8 Å². The molecule has 0 atom stereocenters. The summed E-state index contributed by atoms with van der Waals surface area (Å²) >= 11 is 1.74. The normalized spacial score (nSPS) is 15.6. The topological polar surface area (TPSA) is 69.6 Å². The minimum absolute atomic E-state index is 0. The number of guanidine groups is 1. The van der Waals surface area contributed by atoms with Crippen molar-refractivity contribution < 1.29 is 4.79 Å². The third-order valence-corrected chi connectivity index (χ3v) is 5.98. The zero-order valence-electron chi connectivity index (χ0n) is 17.0. The zero-order chi connectivity index (χ0) is 18.9. The average molecular weight is 507 g/mol. The number of likely N-dealkylation sites (tertiary alicyclic amines) is 1. The molecule has 1 fully saturated rings. The molecule has 1 saturated heterocycles. The Kier molecular flexibility index (Phi) is 11.2. The molecule has 6 nitrogen and oxygen atoms in total. The molecule has 0 bridgehead atoms. The van der Waals surface area contributed by atoms with Crippen LogP contribution in [0.15, 0.2) is 11.2 Å². The molecule has 0 saturated carbocycles. The van der Waals surface area contributed by atoms with Crippen molar-refractivity contribution in [2.75, 3.05) is 26.7 Å². The SMILES string of the molecule is CCC(CC)C(=O)N1CCC(NC(=NC)NCCc2ncc(C)s2)CC1.I. The first-order chi connectivity index (χ1) is 12.6. The summed E-state index contributed by atoms with van der Waals surface area (Å²) < 4.78 is 0. The van der Waals surface area contributed by atoms with Crippen molar-refractivity contribution in [1.29, 1.82) is 0 Å². The van der Waals surface area contributed by atoms with Crippen LogP contribution in [-0.2, 0) is 11.2 Å². The third-order valence-electron chi connectivity index (χ3n) is 5.01. The van der Waals surface area contributed by atoms with Gasteiger partial charge in [0.15, 0.2) is 5.96 Å². The molecule has 154 valence electrons. The number of aromatic nitrogens is 1. The molecule has 1 amide bonds. The molecular formula is C19H34IN5OS. The van der Waals surface area contributed by atoms with Crippen LogP contribution >= 0.6 is 35.3 Å². The summed E-state index contributed by atoms with van der Waals surface area (Å²) in [5, 5.41) is 8.02. The smallest absolute Gasteiger partial charge is 0.225 e. The Labute approximate surface area is 184 Å². The van der Waals surface area contributed by atoms with Gasteiger partial charge in [-0.25, -0.2) is 4.98 Å². The molecule has 2 heterocycles. The lowest BCUT2D eigenvalue weighted by Crippen LogP contribution is -2.50. The first-order valence-electron chi connectivity index (χ1n) is 9.74. The fourth-order valence-electron chi connectivity index (χ4n) is 3.33. The van der Waals surface area contributed by atoms with Crippen LogP contribution in [-0.4, -0.2) is 54.5 Å². The highest BCUT2D eigenvalue weighted by Crippen LogP contribution is 2.17. The summed E-state index contributed by atoms with van der Waals surface area (Å²) in [7, 11) is 1.80. The first kappa shape index (κ1) is 24.1. The minimum atomic E-state index is 0. The van der Waals surface area contributed by atoms with Crippen LogP contribution < -0.4 is 10.6 Å². The van der Waals surface area contributed by atoms with Crippen LogP contribution in [0.1, 0.15) is 49.4 Å². The Morgan fingerprint density at radius 2 is 2.04 bits per heavy atom. The molecule has 8 heteroatoms. The number of nitrogens with zero attached hydrogens (tertiary/aromatic N) is 3. The number of aryl methyl sites for hydroxylation is 1. The number of halogens is 1. The lowest BCUT2D eigenvalue weighted by atomic mass is 9.98. The number of amides is 1. The second kappa shape index (κ2) is 12.5. The standard InChI is InChI=1S/C19H33N5OS.HI/c1-5-15(6-2)18(25)24-11-8-16(9-12-24)23-19(20-4)21-10-7-17-22-13-14(3)26-17;/h13,15-16H,5-12H2,1-4H3,(H2,20,21,23);1H. The molecular weight excluding hydrogens is 473 g/mol. The molecule has 0 aliphatic carbocycles. The van der Waals surface area contributed by atoms with E-state index in [0.717, 1.165) is 62.7 Å². The lowest BCUT2D eigenvalue weighted by Gasteiger charge is -2.34. The fourth-order valence-corrected chi connectivity index (χ4v) is 4.12. The largest absolute Gasteiger partial charge is 0.356 e. The van der Waals surface area contributed by atoms with Crippen molar-refractivity contribution in [3.05, 3.63) is 16.1 Å². The maximum Gasteiger partial charge on any atom is 0.225 e. The number of thiazole rings is 1. The number of rotatable bonds is 7. The predicted molar refractivity (Wildman–Crippen MR) is 124 cm³/mol. The van der Waals surface area contributed by atoms with Gasteiger partial charge in [-0.05, 0) is 32.6 Å². The number of carbonyl (C=O) groups is 1. The van der Waals surface area contributed by atoms with Gasteiger partial charge in [0.25, 0.3) is 0 Å². The van der Waals surface area contributed by atoms with E-state index >= 15 is 0 Å². The van der Waals surface area contributed by atoms with E-state index in [-0.39, 0.29) is 29.9 Å². The van der Waals surface area contributed by atoms with Crippen LogP contribution in [0.4, 0.5) is 0 Å². The van der Waals surface area contributed by atoms with Gasteiger partial charge in [0.05, 0.1) is 5.01 Å². The molecule has 0 unspecified atom stereocenters. The molecule has 0 aromatic carbocycles. The molecule has 27 heavy (non-hydrogen) atoms. The number of carbonyl (C=O) groups excluding carboxylic acids is 1. The second-order valence-electron chi connectivity index (χ2n) is 6.87. The molecule has 1 aliphatic rings. The number of aliphatic imine (C=N–C) groups is 1. The van der Waals surface area contributed by atoms with Gasteiger partial charge in [0.1, 0.15) is 0 Å². The number of hydrogen-bond donors (Lipinski definition) is 2. The van der Waals surface area contributed by atoms with Crippen LogP contribution in [0.5, 0.6) is 0 Å². The molecule has 1 aromatic heterocycles. The van der Waals surface area contributed by atoms with Crippen molar-refractivity contribution in [1.82, 2.24) is 20.5 Å². The van der Waals surface area contributed by atoms with Gasteiger partial charge >= 0.3 is 0 Å². The van der Waals surface area contributed by atoms with Crippen molar-refractivity contribution >= 4 is 47.2 Å². The Morgan fingerprint density at radius 3 is 2.56 bits per heavy atom. The molecule has 2 N–H and O–H groups in total. The average Bonchev–Trinajstić information content (AvgIpc) is 3.07. The van der Waals surface area contributed by atoms with Gasteiger partial charge in [0, 0.05) is 56.1 Å². The van der Waals surface area contributed by atoms with E-state index in [1.807, 2.05) is 11.1 Å². The van der Waals surface area contributed by atoms with E-state index < -0.39 is 0 Å². The number of hydrogen-bond acceptors (Lipinski definition) is 4. The maximum absolute atomic E-state index is 12.5. The van der Waals surface area contributed by atoms with Crippen molar-refractivity contribution in [3.8, 4) is 0 Å². The van der Waals surface area contributed by atoms with Crippen molar-refractivity contribution in [3.63, 3.8) is 0 Å². The van der Waals surface area contributed by atoms with Crippen LogP contribution in [0.2, 0.25) is 0 Å². The second-order valence-corrected chi connectivity index (χ2v) is 8.19. The Hall–Kier alpha value is -0.900. The van der Waals surface area contributed by atoms with E-state index in [2.05, 4.69) is 41.4 Å². The van der Waals surface area contributed by atoms with Crippen LogP contribution in [0.25, 0.3) is 0 Å². The highest BCUT2D eigenvalue weighted by Gasteiger charge is 2.26. The predicted octanol–water partition coefficient (Wildman–Crippen LogP) is 3.20. The molecule has 0 spiro atoms. The third kappa shape index (κ3) is 7.56. The molecule has 2 rings (SSSR count). The number of piperidine rings is 1.